The number of thioether (sulfide) groups is 1. The van der Waals surface area contributed by atoms with Gasteiger partial charge in [-0.3, -0.25) is 0 Å². The molecular weight excluding hydrogens is 230 g/mol. The molecule has 1 aliphatic rings. The summed E-state index contributed by atoms with van der Waals surface area (Å²) in [6, 6.07) is 0. The molecule has 0 aromatic carbocycles. The minimum atomic E-state index is 0.697. The van der Waals surface area contributed by atoms with Crippen LogP contribution in [0.3, 0.4) is 0 Å². The molecule has 0 amide bonds. The van der Waals surface area contributed by atoms with E-state index in [1.54, 1.807) is 6.20 Å². The average Bonchev–Trinajstić information content (AvgIpc) is 2.83. The highest BCUT2D eigenvalue weighted by molar-refractivity contribution is 7.99. The molecule has 1 atom stereocenters. The molecule has 1 aliphatic heterocycles. The largest absolute Gasteiger partial charge is 0.321 e. The van der Waals surface area contributed by atoms with Gasteiger partial charge in [-0.1, -0.05) is 11.6 Å². The van der Waals surface area contributed by atoms with E-state index >= 15 is 0 Å². The van der Waals surface area contributed by atoms with Crippen LogP contribution in [-0.4, -0.2) is 27.6 Å². The molecule has 1 N–H and O–H groups in total. The van der Waals surface area contributed by atoms with Crippen molar-refractivity contribution in [3.8, 4) is 0 Å². The fourth-order valence-electron chi connectivity index (χ4n) is 1.72. The molecule has 1 saturated heterocycles. The molecular formula is C10H16ClN3S. The predicted octanol–water partition coefficient (Wildman–Crippen LogP) is 1.92. The van der Waals surface area contributed by atoms with Gasteiger partial charge in [0.2, 0.25) is 0 Å². The summed E-state index contributed by atoms with van der Waals surface area (Å²) in [5.74, 6) is 4.46. The zero-order valence-electron chi connectivity index (χ0n) is 8.87. The van der Waals surface area contributed by atoms with Gasteiger partial charge in [0, 0.05) is 7.05 Å². The first-order chi connectivity index (χ1) is 7.27. The van der Waals surface area contributed by atoms with E-state index in [0.29, 0.717) is 5.15 Å². The Morgan fingerprint density at radius 1 is 1.73 bits per heavy atom. The average molecular weight is 246 g/mol. The van der Waals surface area contributed by atoms with E-state index < -0.39 is 0 Å². The lowest BCUT2D eigenvalue weighted by Crippen LogP contribution is -2.23. The smallest absolute Gasteiger partial charge is 0.128 e. The quantitative estimate of drug-likeness (QED) is 0.879. The zero-order chi connectivity index (χ0) is 10.7. The fourth-order valence-corrected chi connectivity index (χ4v) is 3.15. The first-order valence-corrected chi connectivity index (χ1v) is 6.75. The van der Waals surface area contributed by atoms with Crippen LogP contribution in [0.2, 0.25) is 5.15 Å². The van der Waals surface area contributed by atoms with Crippen LogP contribution in [0.1, 0.15) is 12.2 Å². The van der Waals surface area contributed by atoms with Gasteiger partial charge in [0.15, 0.2) is 0 Å². The summed E-state index contributed by atoms with van der Waals surface area (Å²) in [6.07, 6.45) is 3.04. The van der Waals surface area contributed by atoms with Crippen LogP contribution in [0, 0.1) is 5.92 Å². The summed E-state index contributed by atoms with van der Waals surface area (Å²) in [4.78, 5) is 4.24. The second-order valence-electron chi connectivity index (χ2n) is 3.92. The molecule has 1 aromatic heterocycles. The summed E-state index contributed by atoms with van der Waals surface area (Å²) in [5.41, 5.74) is 0. The Morgan fingerprint density at radius 2 is 2.60 bits per heavy atom. The number of hydrogen-bond donors (Lipinski definition) is 1. The lowest BCUT2D eigenvalue weighted by atomic mass is 10.1. The summed E-state index contributed by atoms with van der Waals surface area (Å²) >= 11 is 7.96. The highest BCUT2D eigenvalue weighted by Gasteiger charge is 2.14. The van der Waals surface area contributed by atoms with Gasteiger partial charge in [-0.15, -0.1) is 0 Å². The molecule has 0 aliphatic carbocycles. The third kappa shape index (κ3) is 2.89. The van der Waals surface area contributed by atoms with E-state index in [9.17, 15) is 0 Å². The maximum Gasteiger partial charge on any atom is 0.128 e. The molecule has 0 saturated carbocycles. The molecule has 3 nitrogen and oxygen atoms in total. The molecule has 15 heavy (non-hydrogen) atoms. The summed E-state index contributed by atoms with van der Waals surface area (Å²) < 4.78 is 1.91. The maximum atomic E-state index is 5.90. The van der Waals surface area contributed by atoms with Crippen molar-refractivity contribution >= 4 is 23.4 Å². The molecule has 1 unspecified atom stereocenters. The Hall–Kier alpha value is -0.190. The van der Waals surface area contributed by atoms with Crippen molar-refractivity contribution in [1.82, 2.24) is 14.9 Å². The normalized spacial score (nSPS) is 21.1. The Labute approximate surface area is 99.6 Å². The third-order valence-corrected chi connectivity index (χ3v) is 4.35. The molecule has 0 radical (unpaired) electrons. The summed E-state index contributed by atoms with van der Waals surface area (Å²) in [5, 5.41) is 4.14. The van der Waals surface area contributed by atoms with Gasteiger partial charge < -0.3 is 9.88 Å². The number of rotatable bonds is 4. The van der Waals surface area contributed by atoms with Gasteiger partial charge in [-0.25, -0.2) is 4.98 Å². The minimum absolute atomic E-state index is 0.697. The number of aromatic nitrogens is 2. The standard InChI is InChI=1S/C10H16ClN3S/c1-14-9(11)5-13-10(14)6-12-4-8-2-3-15-7-8/h5,8,12H,2-4,6-7H2,1H3. The molecule has 0 bridgehead atoms. The van der Waals surface area contributed by atoms with Crippen molar-refractivity contribution in [2.45, 2.75) is 13.0 Å². The van der Waals surface area contributed by atoms with Crippen LogP contribution in [-0.2, 0) is 13.6 Å². The van der Waals surface area contributed by atoms with Crippen molar-refractivity contribution in [2.24, 2.45) is 13.0 Å². The minimum Gasteiger partial charge on any atom is -0.321 e. The topological polar surface area (TPSA) is 29.9 Å². The van der Waals surface area contributed by atoms with E-state index in [-0.39, 0.29) is 0 Å². The second kappa shape index (κ2) is 5.23. The Kier molecular flexibility index (Phi) is 3.94. The first kappa shape index (κ1) is 11.3. The van der Waals surface area contributed by atoms with Crippen LogP contribution in [0.25, 0.3) is 0 Å². The van der Waals surface area contributed by atoms with Gasteiger partial charge in [-0.2, -0.15) is 11.8 Å². The number of imidazole rings is 1. The highest BCUT2D eigenvalue weighted by Crippen LogP contribution is 2.22. The fraction of sp³-hybridized carbons (Fsp3) is 0.700. The number of nitrogens with zero attached hydrogens (tertiary/aromatic N) is 2. The Balaban J connectivity index is 1.75. The first-order valence-electron chi connectivity index (χ1n) is 5.22. The SMILES string of the molecule is Cn1c(Cl)cnc1CNCC1CCSC1. The van der Waals surface area contributed by atoms with Gasteiger partial charge in [0.1, 0.15) is 11.0 Å². The van der Waals surface area contributed by atoms with Crippen LogP contribution in [0.4, 0.5) is 0 Å². The predicted molar refractivity (Wildman–Crippen MR) is 65.4 cm³/mol. The van der Waals surface area contributed by atoms with E-state index in [1.165, 1.54) is 17.9 Å². The van der Waals surface area contributed by atoms with Crippen molar-refractivity contribution in [3.05, 3.63) is 17.2 Å². The van der Waals surface area contributed by atoms with E-state index in [2.05, 4.69) is 22.1 Å². The van der Waals surface area contributed by atoms with Gasteiger partial charge in [-0.05, 0) is 30.4 Å². The van der Waals surface area contributed by atoms with Crippen LogP contribution in [0.15, 0.2) is 6.20 Å². The maximum absolute atomic E-state index is 5.90. The number of hydrogen-bond acceptors (Lipinski definition) is 3. The van der Waals surface area contributed by atoms with E-state index in [1.807, 2.05) is 11.6 Å². The van der Waals surface area contributed by atoms with Crippen LogP contribution in [0.5, 0.6) is 0 Å². The summed E-state index contributed by atoms with van der Waals surface area (Å²) in [7, 11) is 1.94. The monoisotopic (exact) mass is 245 g/mol. The second-order valence-corrected chi connectivity index (χ2v) is 5.45. The third-order valence-electron chi connectivity index (χ3n) is 2.77. The molecule has 2 rings (SSSR count). The van der Waals surface area contributed by atoms with Gasteiger partial charge >= 0.3 is 0 Å². The zero-order valence-corrected chi connectivity index (χ0v) is 10.4. The van der Waals surface area contributed by atoms with Gasteiger partial charge in [0.05, 0.1) is 12.7 Å². The Bertz CT molecular complexity index is 320. The van der Waals surface area contributed by atoms with Crippen molar-refractivity contribution in [3.63, 3.8) is 0 Å². The molecule has 1 fully saturated rings. The molecule has 84 valence electrons. The Morgan fingerprint density at radius 3 is 3.20 bits per heavy atom. The van der Waals surface area contributed by atoms with Crippen LogP contribution < -0.4 is 5.32 Å². The van der Waals surface area contributed by atoms with Crippen LogP contribution >= 0.6 is 23.4 Å². The number of halogens is 1. The molecule has 2 heterocycles. The lowest BCUT2D eigenvalue weighted by Gasteiger charge is -2.09. The van der Waals surface area contributed by atoms with Gasteiger partial charge in [0.25, 0.3) is 0 Å². The summed E-state index contributed by atoms with van der Waals surface area (Å²) in [6.45, 7) is 1.90. The van der Waals surface area contributed by atoms with Crippen molar-refractivity contribution in [1.29, 1.82) is 0 Å². The highest BCUT2D eigenvalue weighted by atomic mass is 35.5. The van der Waals surface area contributed by atoms with E-state index in [4.69, 9.17) is 11.6 Å². The van der Waals surface area contributed by atoms with E-state index in [0.717, 1.165) is 24.8 Å². The molecule has 0 spiro atoms. The van der Waals surface area contributed by atoms with Crippen molar-refractivity contribution < 1.29 is 0 Å². The lowest BCUT2D eigenvalue weighted by molar-refractivity contribution is 0.512. The number of nitrogens with one attached hydrogen (secondary N) is 1. The molecule has 5 heteroatoms. The molecule has 1 aromatic rings. The van der Waals surface area contributed by atoms with Crippen molar-refractivity contribution in [2.75, 3.05) is 18.1 Å².